The fraction of sp³-hybridized carbons (Fsp3) is 0.0545. The molecule has 1 aliphatic carbocycles. The summed E-state index contributed by atoms with van der Waals surface area (Å²) in [7, 11) is 0. The molecule has 0 N–H and O–H groups in total. The normalized spacial score (nSPS) is 13.2. The number of rotatable bonds is 4. The van der Waals surface area contributed by atoms with Crippen LogP contribution < -0.4 is 0 Å². The number of fused-ring (bicyclic) bond motifs is 10. The number of para-hydroxylation sites is 1. The van der Waals surface area contributed by atoms with E-state index in [1.165, 1.54) is 54.9 Å². The first-order valence-corrected chi connectivity index (χ1v) is 19.8. The van der Waals surface area contributed by atoms with Crippen LogP contribution in [0.4, 0.5) is 0 Å². The Morgan fingerprint density at radius 2 is 0.912 bits per heavy atom. The summed E-state index contributed by atoms with van der Waals surface area (Å²) in [5.74, 6) is 0.885. The maximum Gasteiger partial charge on any atom is 0.143 e. The van der Waals surface area contributed by atoms with Gasteiger partial charge in [0.05, 0.1) is 0 Å². The molecular weight excluding hydrogens is 693 g/mol. The average molecular weight is 729 g/mol. The Morgan fingerprint density at radius 3 is 1.63 bits per heavy atom. The molecule has 0 radical (unpaired) electrons. The van der Waals surface area contributed by atoms with Gasteiger partial charge in [-0.05, 0) is 73.1 Å². The van der Waals surface area contributed by atoms with E-state index in [-0.39, 0.29) is 5.41 Å². The van der Waals surface area contributed by atoms with Crippen molar-refractivity contribution < 1.29 is 8.83 Å². The van der Waals surface area contributed by atoms with Gasteiger partial charge < -0.3 is 8.83 Å². The van der Waals surface area contributed by atoms with Gasteiger partial charge in [-0.1, -0.05) is 178 Å². The maximum atomic E-state index is 7.18. The highest BCUT2D eigenvalue weighted by Crippen LogP contribution is 2.54. The Labute approximate surface area is 330 Å². The maximum absolute atomic E-state index is 7.18. The summed E-state index contributed by atoms with van der Waals surface area (Å²) in [6.07, 6.45) is 0. The number of hydrogen-bond donors (Lipinski definition) is 0. The van der Waals surface area contributed by atoms with E-state index in [1.807, 2.05) is 6.07 Å². The Balaban J connectivity index is 1.11. The molecule has 0 saturated carbocycles. The lowest BCUT2D eigenvalue weighted by Crippen LogP contribution is -2.15. The fourth-order valence-corrected chi connectivity index (χ4v) is 9.97. The van der Waals surface area contributed by atoms with Crippen molar-refractivity contribution in [3.63, 3.8) is 0 Å². The first kappa shape index (κ1) is 32.1. The van der Waals surface area contributed by atoms with Crippen LogP contribution in [0.5, 0.6) is 0 Å². The van der Waals surface area contributed by atoms with Crippen molar-refractivity contribution in [1.29, 1.82) is 0 Å². The predicted octanol–water partition coefficient (Wildman–Crippen LogP) is 15.6. The molecule has 0 spiro atoms. The van der Waals surface area contributed by atoms with Crippen LogP contribution >= 0.6 is 0 Å². The van der Waals surface area contributed by atoms with Gasteiger partial charge in [0.25, 0.3) is 0 Å². The Kier molecular flexibility index (Phi) is 6.72. The molecule has 0 amide bonds. The lowest BCUT2D eigenvalue weighted by Gasteiger charge is -2.21. The zero-order chi connectivity index (χ0) is 37.8. The first-order valence-electron chi connectivity index (χ1n) is 19.8. The molecule has 0 fully saturated rings. The van der Waals surface area contributed by atoms with Gasteiger partial charge >= 0.3 is 0 Å². The van der Waals surface area contributed by atoms with Crippen molar-refractivity contribution in [2.75, 3.05) is 0 Å². The van der Waals surface area contributed by atoms with Crippen molar-refractivity contribution in [2.45, 2.75) is 19.3 Å². The van der Waals surface area contributed by atoms with Crippen LogP contribution in [0.25, 0.3) is 110 Å². The Morgan fingerprint density at radius 1 is 0.351 bits per heavy atom. The summed E-state index contributed by atoms with van der Waals surface area (Å²) in [5, 5.41) is 8.15. The second-order valence-corrected chi connectivity index (χ2v) is 15.9. The van der Waals surface area contributed by atoms with Crippen molar-refractivity contribution in [1.82, 2.24) is 0 Å². The molecule has 0 atom stereocenters. The van der Waals surface area contributed by atoms with Crippen LogP contribution in [0.1, 0.15) is 25.0 Å². The van der Waals surface area contributed by atoms with Gasteiger partial charge in [-0.3, -0.25) is 0 Å². The standard InChI is InChI=1S/C55H36O2/c1-55(2)46-27-14-13-20-36(46)41-30-31-43-42-25-15-26-45(53(42)57-54(43)51(41)55)50-39-23-11-9-21-37(39)48(38-22-10-12-24-40(38)50)35-28-29-44-47(32-35)56-52(34-18-7-4-8-19-34)49(44)33-16-5-3-6-17-33/h3-32H,1-2H3. The number of furan rings is 2. The molecule has 2 aromatic heterocycles. The van der Waals surface area contributed by atoms with Gasteiger partial charge in [-0.15, -0.1) is 0 Å². The predicted molar refractivity (Wildman–Crippen MR) is 238 cm³/mol. The Hall–Kier alpha value is -7.16. The van der Waals surface area contributed by atoms with Crippen LogP contribution in [-0.2, 0) is 5.41 Å². The highest BCUT2D eigenvalue weighted by molar-refractivity contribution is 6.25. The van der Waals surface area contributed by atoms with Gasteiger partial charge in [0, 0.05) is 49.4 Å². The van der Waals surface area contributed by atoms with Gasteiger partial charge in [0.2, 0.25) is 0 Å². The first-order chi connectivity index (χ1) is 28.1. The van der Waals surface area contributed by atoms with E-state index in [1.54, 1.807) is 0 Å². The SMILES string of the molecule is CC1(C)c2ccccc2-c2ccc3c(oc4c(-c5c6ccccc6c(-c6ccc7c(-c8ccccc8)c(-c8ccccc8)oc7c6)c6ccccc56)cccc43)c21. The highest BCUT2D eigenvalue weighted by Gasteiger charge is 2.38. The minimum absolute atomic E-state index is 0.181. The largest absolute Gasteiger partial charge is 0.455 e. The van der Waals surface area contributed by atoms with Crippen molar-refractivity contribution >= 4 is 54.5 Å². The zero-order valence-corrected chi connectivity index (χ0v) is 31.6. The second-order valence-electron chi connectivity index (χ2n) is 15.9. The third kappa shape index (κ3) is 4.53. The zero-order valence-electron chi connectivity index (χ0n) is 31.6. The third-order valence-corrected chi connectivity index (χ3v) is 12.5. The van der Waals surface area contributed by atoms with Gasteiger partial charge in [-0.2, -0.15) is 0 Å². The molecule has 57 heavy (non-hydrogen) atoms. The second kappa shape index (κ2) is 11.9. The summed E-state index contributed by atoms with van der Waals surface area (Å²) in [6, 6.07) is 65.5. The van der Waals surface area contributed by atoms with Crippen LogP contribution in [0.15, 0.2) is 191 Å². The summed E-state index contributed by atoms with van der Waals surface area (Å²) >= 11 is 0. The van der Waals surface area contributed by atoms with Gasteiger partial charge in [0.1, 0.15) is 22.5 Å². The molecular formula is C55H36O2. The molecule has 9 aromatic carbocycles. The monoisotopic (exact) mass is 728 g/mol. The number of hydrogen-bond acceptors (Lipinski definition) is 2. The van der Waals surface area contributed by atoms with E-state index in [2.05, 4.69) is 190 Å². The molecule has 2 heteroatoms. The average Bonchev–Trinajstić information content (AvgIpc) is 3.91. The van der Waals surface area contributed by atoms with Crippen LogP contribution in [0.2, 0.25) is 0 Å². The van der Waals surface area contributed by atoms with Crippen molar-refractivity contribution in [3.05, 3.63) is 193 Å². The molecule has 12 rings (SSSR count). The molecule has 0 saturated heterocycles. The molecule has 268 valence electrons. The van der Waals surface area contributed by atoms with Gasteiger partial charge in [0.15, 0.2) is 0 Å². The van der Waals surface area contributed by atoms with E-state index in [4.69, 9.17) is 8.83 Å². The lowest BCUT2D eigenvalue weighted by molar-refractivity contribution is 0.620. The smallest absolute Gasteiger partial charge is 0.143 e. The van der Waals surface area contributed by atoms with Crippen LogP contribution in [0, 0.1) is 0 Å². The van der Waals surface area contributed by atoms with Crippen molar-refractivity contribution in [2.24, 2.45) is 0 Å². The minimum atomic E-state index is -0.181. The van der Waals surface area contributed by atoms with Crippen LogP contribution in [0.3, 0.4) is 0 Å². The van der Waals surface area contributed by atoms with E-state index >= 15 is 0 Å². The van der Waals surface area contributed by atoms with E-state index in [0.717, 1.165) is 66.5 Å². The van der Waals surface area contributed by atoms with E-state index < -0.39 is 0 Å². The topological polar surface area (TPSA) is 26.3 Å². The summed E-state index contributed by atoms with van der Waals surface area (Å²) in [6.45, 7) is 4.66. The molecule has 2 nitrogen and oxygen atoms in total. The molecule has 1 aliphatic rings. The van der Waals surface area contributed by atoms with Crippen LogP contribution in [-0.4, -0.2) is 0 Å². The molecule has 2 heterocycles. The van der Waals surface area contributed by atoms with E-state index in [0.29, 0.717) is 0 Å². The summed E-state index contributed by atoms with van der Waals surface area (Å²) in [4.78, 5) is 0. The Bertz CT molecular complexity index is 3360. The fourth-order valence-electron chi connectivity index (χ4n) is 9.97. The van der Waals surface area contributed by atoms with Gasteiger partial charge in [-0.25, -0.2) is 0 Å². The minimum Gasteiger partial charge on any atom is -0.455 e. The third-order valence-electron chi connectivity index (χ3n) is 12.5. The number of benzene rings is 9. The molecule has 0 unspecified atom stereocenters. The molecule has 0 bridgehead atoms. The quantitative estimate of drug-likeness (QED) is 0.169. The van der Waals surface area contributed by atoms with E-state index in [9.17, 15) is 0 Å². The molecule has 11 aromatic rings. The highest BCUT2D eigenvalue weighted by atomic mass is 16.3. The van der Waals surface area contributed by atoms with Crippen molar-refractivity contribution in [3.8, 4) is 55.8 Å². The molecule has 0 aliphatic heterocycles. The summed E-state index contributed by atoms with van der Waals surface area (Å²) in [5.41, 5.74) is 15.7. The summed E-state index contributed by atoms with van der Waals surface area (Å²) < 4.78 is 14.0. The lowest BCUT2D eigenvalue weighted by atomic mass is 9.82.